The summed E-state index contributed by atoms with van der Waals surface area (Å²) in [6.45, 7) is 0. The standard InChI is InChI=1S/C18H17N3O3/c1-23-15-8-7-11(9-16(15)24-2)14-10-18(21-20-14)12-5-3-4-6-13(12)19-17(18)22/h3-9,21H,10H2,1-2H3,(H,19,22)/t18-/m0/s1. The molecule has 0 bridgehead atoms. The molecule has 2 aromatic carbocycles. The minimum atomic E-state index is -0.834. The Kier molecular flexibility index (Phi) is 3.19. The van der Waals surface area contributed by atoms with Gasteiger partial charge in [-0.05, 0) is 24.3 Å². The predicted molar refractivity (Wildman–Crippen MR) is 90.6 cm³/mol. The van der Waals surface area contributed by atoms with Gasteiger partial charge in [0.05, 0.1) is 19.9 Å². The molecule has 4 rings (SSSR count). The third kappa shape index (κ3) is 1.96. The smallest absolute Gasteiger partial charge is 0.256 e. The van der Waals surface area contributed by atoms with Crippen LogP contribution in [0.2, 0.25) is 0 Å². The predicted octanol–water partition coefficient (Wildman–Crippen LogP) is 2.25. The minimum Gasteiger partial charge on any atom is -0.493 e. The summed E-state index contributed by atoms with van der Waals surface area (Å²) in [5.41, 5.74) is 5.69. The zero-order chi connectivity index (χ0) is 16.7. The Morgan fingerprint density at radius 2 is 1.88 bits per heavy atom. The van der Waals surface area contributed by atoms with E-state index < -0.39 is 5.54 Å². The Morgan fingerprint density at radius 3 is 2.67 bits per heavy atom. The molecule has 1 spiro atoms. The van der Waals surface area contributed by atoms with Gasteiger partial charge in [0.1, 0.15) is 0 Å². The van der Waals surface area contributed by atoms with Gasteiger partial charge in [0.25, 0.3) is 5.91 Å². The van der Waals surface area contributed by atoms with E-state index in [2.05, 4.69) is 15.8 Å². The van der Waals surface area contributed by atoms with Crippen LogP contribution in [0.15, 0.2) is 47.6 Å². The maximum atomic E-state index is 12.6. The van der Waals surface area contributed by atoms with Gasteiger partial charge in [0.2, 0.25) is 0 Å². The summed E-state index contributed by atoms with van der Waals surface area (Å²) in [6, 6.07) is 13.3. The summed E-state index contributed by atoms with van der Waals surface area (Å²) in [5, 5.41) is 7.35. The van der Waals surface area contributed by atoms with Crippen molar-refractivity contribution in [2.24, 2.45) is 5.10 Å². The number of hydrogen-bond acceptors (Lipinski definition) is 5. The van der Waals surface area contributed by atoms with Crippen molar-refractivity contribution in [3.63, 3.8) is 0 Å². The minimum absolute atomic E-state index is 0.0806. The van der Waals surface area contributed by atoms with Crippen LogP contribution in [0.25, 0.3) is 0 Å². The number of hydrogen-bond donors (Lipinski definition) is 2. The van der Waals surface area contributed by atoms with Crippen LogP contribution in [-0.2, 0) is 10.3 Å². The molecule has 6 heteroatoms. The number of carbonyl (C=O) groups excluding carboxylic acids is 1. The van der Waals surface area contributed by atoms with Crippen molar-refractivity contribution >= 4 is 17.3 Å². The lowest BCUT2D eigenvalue weighted by molar-refractivity contribution is -0.121. The number of rotatable bonds is 3. The number of nitrogens with one attached hydrogen (secondary N) is 2. The molecular formula is C18H17N3O3. The topological polar surface area (TPSA) is 72.0 Å². The molecule has 6 nitrogen and oxygen atoms in total. The molecule has 2 aromatic rings. The van der Waals surface area contributed by atoms with Gasteiger partial charge in [-0.1, -0.05) is 18.2 Å². The number of hydrazone groups is 1. The van der Waals surface area contributed by atoms with Gasteiger partial charge in [0, 0.05) is 23.2 Å². The Hall–Kier alpha value is -3.02. The zero-order valence-corrected chi connectivity index (χ0v) is 13.4. The van der Waals surface area contributed by atoms with Crippen molar-refractivity contribution in [3.8, 4) is 11.5 Å². The van der Waals surface area contributed by atoms with E-state index in [-0.39, 0.29) is 5.91 Å². The summed E-state index contributed by atoms with van der Waals surface area (Å²) >= 11 is 0. The van der Waals surface area contributed by atoms with Gasteiger partial charge in [-0.25, -0.2) is 0 Å². The van der Waals surface area contributed by atoms with Crippen LogP contribution in [0.4, 0.5) is 5.69 Å². The van der Waals surface area contributed by atoms with Crippen molar-refractivity contribution < 1.29 is 14.3 Å². The first-order valence-corrected chi connectivity index (χ1v) is 7.65. The molecule has 1 amide bonds. The third-order valence-electron chi connectivity index (χ3n) is 4.55. The molecule has 0 saturated heterocycles. The molecule has 2 aliphatic rings. The molecule has 2 N–H and O–H groups in total. The molecule has 0 aliphatic carbocycles. The molecule has 0 aromatic heterocycles. The second kappa shape index (κ2) is 5.26. The molecule has 0 unspecified atom stereocenters. The average Bonchev–Trinajstić information content (AvgIpc) is 3.18. The van der Waals surface area contributed by atoms with E-state index in [1.54, 1.807) is 14.2 Å². The Labute approximate surface area is 139 Å². The molecule has 122 valence electrons. The van der Waals surface area contributed by atoms with Crippen molar-refractivity contribution in [3.05, 3.63) is 53.6 Å². The highest BCUT2D eigenvalue weighted by Gasteiger charge is 2.50. The number of amides is 1. The average molecular weight is 323 g/mol. The van der Waals surface area contributed by atoms with Gasteiger partial charge < -0.3 is 14.8 Å². The van der Waals surface area contributed by atoms with E-state index in [1.807, 2.05) is 42.5 Å². The first kappa shape index (κ1) is 14.6. The first-order valence-electron chi connectivity index (χ1n) is 7.65. The number of nitrogens with zero attached hydrogens (tertiary/aromatic N) is 1. The Bertz CT molecular complexity index is 862. The van der Waals surface area contributed by atoms with E-state index in [9.17, 15) is 4.79 Å². The first-order chi connectivity index (χ1) is 11.7. The quantitative estimate of drug-likeness (QED) is 0.909. The molecule has 0 radical (unpaired) electrons. The summed E-state index contributed by atoms with van der Waals surface area (Å²) in [7, 11) is 3.19. The number of benzene rings is 2. The van der Waals surface area contributed by atoms with Crippen molar-refractivity contribution in [2.45, 2.75) is 12.0 Å². The van der Waals surface area contributed by atoms with Gasteiger partial charge in [-0.3, -0.25) is 10.2 Å². The highest BCUT2D eigenvalue weighted by Crippen LogP contribution is 2.42. The molecule has 2 aliphatic heterocycles. The number of methoxy groups -OCH3 is 2. The van der Waals surface area contributed by atoms with E-state index in [4.69, 9.17) is 9.47 Å². The molecule has 2 heterocycles. The number of ether oxygens (including phenoxy) is 2. The molecule has 0 saturated carbocycles. The van der Waals surface area contributed by atoms with Crippen LogP contribution in [0.3, 0.4) is 0 Å². The van der Waals surface area contributed by atoms with Crippen LogP contribution in [0.5, 0.6) is 11.5 Å². The van der Waals surface area contributed by atoms with Crippen LogP contribution in [0, 0.1) is 0 Å². The molecular weight excluding hydrogens is 306 g/mol. The fourth-order valence-corrected chi connectivity index (χ4v) is 3.28. The van der Waals surface area contributed by atoms with E-state index >= 15 is 0 Å². The Balaban J connectivity index is 1.69. The van der Waals surface area contributed by atoms with Crippen LogP contribution >= 0.6 is 0 Å². The van der Waals surface area contributed by atoms with Gasteiger partial charge in [-0.2, -0.15) is 5.10 Å². The maximum Gasteiger partial charge on any atom is 0.256 e. The number of carbonyl (C=O) groups is 1. The molecule has 24 heavy (non-hydrogen) atoms. The highest BCUT2D eigenvalue weighted by atomic mass is 16.5. The number of anilines is 1. The van der Waals surface area contributed by atoms with Crippen molar-refractivity contribution in [2.75, 3.05) is 19.5 Å². The van der Waals surface area contributed by atoms with Gasteiger partial charge >= 0.3 is 0 Å². The van der Waals surface area contributed by atoms with E-state index in [1.165, 1.54) is 0 Å². The van der Waals surface area contributed by atoms with E-state index in [0.717, 1.165) is 22.5 Å². The summed E-state index contributed by atoms with van der Waals surface area (Å²) in [6.07, 6.45) is 0.478. The van der Waals surface area contributed by atoms with Crippen LogP contribution in [0.1, 0.15) is 17.5 Å². The van der Waals surface area contributed by atoms with E-state index in [0.29, 0.717) is 17.9 Å². The SMILES string of the molecule is COc1ccc(C2=NN[C@]3(C2)C(=O)Nc2ccccc23)cc1OC. The molecule has 0 fully saturated rings. The largest absolute Gasteiger partial charge is 0.493 e. The monoisotopic (exact) mass is 323 g/mol. The summed E-state index contributed by atoms with van der Waals surface area (Å²) in [5.74, 6) is 1.21. The lowest BCUT2D eigenvalue weighted by atomic mass is 9.86. The summed E-state index contributed by atoms with van der Waals surface area (Å²) in [4.78, 5) is 12.6. The van der Waals surface area contributed by atoms with Crippen LogP contribution < -0.4 is 20.2 Å². The number of fused-ring (bicyclic) bond motifs is 2. The lowest BCUT2D eigenvalue weighted by Gasteiger charge is -2.20. The maximum absolute atomic E-state index is 12.6. The lowest BCUT2D eigenvalue weighted by Crippen LogP contribution is -2.42. The molecule has 1 atom stereocenters. The zero-order valence-electron chi connectivity index (χ0n) is 13.4. The fourth-order valence-electron chi connectivity index (χ4n) is 3.28. The van der Waals surface area contributed by atoms with Crippen molar-refractivity contribution in [1.29, 1.82) is 0 Å². The van der Waals surface area contributed by atoms with Crippen molar-refractivity contribution in [1.82, 2.24) is 5.43 Å². The van der Waals surface area contributed by atoms with Crippen LogP contribution in [-0.4, -0.2) is 25.8 Å². The fraction of sp³-hybridized carbons (Fsp3) is 0.222. The summed E-state index contributed by atoms with van der Waals surface area (Å²) < 4.78 is 10.6. The third-order valence-corrected chi connectivity index (χ3v) is 4.55. The highest BCUT2D eigenvalue weighted by molar-refractivity contribution is 6.13. The normalized spacial score (nSPS) is 21.1. The van der Waals surface area contributed by atoms with Gasteiger partial charge in [0.15, 0.2) is 17.0 Å². The van der Waals surface area contributed by atoms with Gasteiger partial charge in [-0.15, -0.1) is 0 Å². The number of para-hydroxylation sites is 1. The Morgan fingerprint density at radius 1 is 1.08 bits per heavy atom. The second-order valence-corrected chi connectivity index (χ2v) is 5.82. The second-order valence-electron chi connectivity index (χ2n) is 5.82.